The quantitative estimate of drug-likeness (QED) is 0.274. The number of nitrogens with zero attached hydrogens (tertiary/aromatic N) is 5. The summed E-state index contributed by atoms with van der Waals surface area (Å²) < 4.78 is 6.11. The van der Waals surface area contributed by atoms with Gasteiger partial charge in [0.05, 0.1) is 17.3 Å². The predicted octanol–water partition coefficient (Wildman–Crippen LogP) is 3.82. The molecule has 1 amide bonds. The normalized spacial score (nSPS) is 14.5. The number of rotatable bonds is 8. The van der Waals surface area contributed by atoms with Gasteiger partial charge in [0, 0.05) is 54.9 Å². The number of carbonyl (C=O) groups excluding carboxylic acids is 1. The van der Waals surface area contributed by atoms with Gasteiger partial charge >= 0.3 is 6.01 Å². The fourth-order valence-electron chi connectivity index (χ4n) is 4.30. The number of nitrogens with one attached hydrogen (secondary N) is 3. The van der Waals surface area contributed by atoms with Crippen molar-refractivity contribution in [1.29, 1.82) is 0 Å². The van der Waals surface area contributed by atoms with Crippen molar-refractivity contribution in [3.05, 3.63) is 52.8 Å². The summed E-state index contributed by atoms with van der Waals surface area (Å²) in [6.07, 6.45) is 3.85. The van der Waals surface area contributed by atoms with Crippen molar-refractivity contribution in [3.63, 3.8) is 0 Å². The summed E-state index contributed by atoms with van der Waals surface area (Å²) in [5.74, 6) is 1.94. The van der Waals surface area contributed by atoms with Gasteiger partial charge in [0.1, 0.15) is 17.4 Å². The number of allylic oxidation sites excluding steroid dienone is 1. The van der Waals surface area contributed by atoms with Crippen LogP contribution >= 0.6 is 11.6 Å². The van der Waals surface area contributed by atoms with Gasteiger partial charge in [-0.2, -0.15) is 15.1 Å². The van der Waals surface area contributed by atoms with E-state index in [1.54, 1.807) is 6.07 Å². The zero-order valence-corrected chi connectivity index (χ0v) is 21.3. The Hall–Kier alpha value is -4.09. The van der Waals surface area contributed by atoms with Gasteiger partial charge in [-0.3, -0.25) is 14.8 Å². The molecule has 0 atom stereocenters. The Bertz CT molecular complexity index is 1450. The van der Waals surface area contributed by atoms with Crippen LogP contribution < -0.4 is 20.7 Å². The van der Waals surface area contributed by atoms with E-state index in [1.165, 1.54) is 0 Å². The largest absolute Gasteiger partial charge is 0.423 e. The van der Waals surface area contributed by atoms with Crippen LogP contribution in [0, 0.1) is 6.92 Å². The number of carbonyl (C=O) groups is 1. The van der Waals surface area contributed by atoms with Crippen LogP contribution in [0.25, 0.3) is 17.0 Å². The lowest BCUT2D eigenvalue weighted by molar-refractivity contribution is -0.119. The first-order valence-electron chi connectivity index (χ1n) is 11.9. The smallest absolute Gasteiger partial charge is 0.325 e. The van der Waals surface area contributed by atoms with Crippen molar-refractivity contribution in [2.24, 2.45) is 5.73 Å². The van der Waals surface area contributed by atoms with Gasteiger partial charge in [-0.05, 0) is 38.1 Å². The van der Waals surface area contributed by atoms with Crippen molar-refractivity contribution in [2.45, 2.75) is 13.8 Å². The van der Waals surface area contributed by atoms with Crippen LogP contribution in [-0.2, 0) is 4.79 Å². The van der Waals surface area contributed by atoms with Crippen molar-refractivity contribution in [3.8, 4) is 11.8 Å². The number of halogens is 1. The molecule has 37 heavy (non-hydrogen) atoms. The summed E-state index contributed by atoms with van der Waals surface area (Å²) in [5, 5.41) is 11.8. The van der Waals surface area contributed by atoms with Gasteiger partial charge in [-0.25, -0.2) is 0 Å². The molecule has 0 radical (unpaired) electrons. The first kappa shape index (κ1) is 24.6. The summed E-state index contributed by atoms with van der Waals surface area (Å²) in [5.41, 5.74) is 8.16. The maximum absolute atomic E-state index is 11.3. The Morgan fingerprint density at radius 3 is 2.76 bits per heavy atom. The molecule has 192 valence electrons. The van der Waals surface area contributed by atoms with Crippen LogP contribution in [0.3, 0.4) is 0 Å². The van der Waals surface area contributed by atoms with E-state index in [-0.39, 0.29) is 18.5 Å². The van der Waals surface area contributed by atoms with E-state index < -0.39 is 0 Å². The third-order valence-corrected chi connectivity index (χ3v) is 6.40. The Kier molecular flexibility index (Phi) is 6.97. The Morgan fingerprint density at radius 1 is 1.19 bits per heavy atom. The number of hydrogen-bond donors (Lipinski definition) is 4. The number of piperazine rings is 1. The first-order valence-corrected chi connectivity index (χ1v) is 12.3. The second-order valence-electron chi connectivity index (χ2n) is 8.85. The van der Waals surface area contributed by atoms with Gasteiger partial charge < -0.3 is 25.7 Å². The molecule has 1 fully saturated rings. The topological polar surface area (TPSA) is 141 Å². The minimum atomic E-state index is -0.333. The predicted molar refractivity (Wildman–Crippen MR) is 145 cm³/mol. The van der Waals surface area contributed by atoms with E-state index in [4.69, 9.17) is 22.1 Å². The minimum absolute atomic E-state index is 0.150. The number of H-pyrrole nitrogens is 2. The van der Waals surface area contributed by atoms with Gasteiger partial charge in [0.15, 0.2) is 5.82 Å². The number of aromatic amines is 2. The fraction of sp³-hybridized carbons (Fsp3) is 0.280. The number of benzene rings is 1. The number of primary amides is 1. The maximum atomic E-state index is 11.3. The second-order valence-corrected chi connectivity index (χ2v) is 9.23. The van der Waals surface area contributed by atoms with Crippen molar-refractivity contribution < 1.29 is 9.53 Å². The average Bonchev–Trinajstić information content (AvgIpc) is 3.47. The molecular formula is C25H28ClN9O2. The molecule has 0 aliphatic carbocycles. The van der Waals surface area contributed by atoms with Crippen LogP contribution in [0.1, 0.15) is 18.3 Å². The lowest BCUT2D eigenvalue weighted by atomic mass is 10.2. The van der Waals surface area contributed by atoms with Crippen molar-refractivity contribution in [2.75, 3.05) is 42.9 Å². The van der Waals surface area contributed by atoms with Gasteiger partial charge in [0.25, 0.3) is 0 Å². The van der Waals surface area contributed by atoms with Crippen LogP contribution in [0.2, 0.25) is 5.02 Å². The molecule has 5 N–H and O–H groups in total. The van der Waals surface area contributed by atoms with Crippen LogP contribution in [0.15, 0.2) is 36.4 Å². The molecular weight excluding hydrogens is 494 g/mol. The number of aromatic nitrogens is 5. The van der Waals surface area contributed by atoms with Crippen LogP contribution in [-0.4, -0.2) is 68.7 Å². The zero-order chi connectivity index (χ0) is 25.9. The number of aryl methyl sites for hydroxylation is 1. The molecule has 1 aliphatic rings. The summed E-state index contributed by atoms with van der Waals surface area (Å²) >= 11 is 6.66. The number of amides is 1. The summed E-state index contributed by atoms with van der Waals surface area (Å²) in [4.78, 5) is 28.0. The molecule has 3 aromatic heterocycles. The number of nitrogens with two attached hydrogens (primary N) is 1. The van der Waals surface area contributed by atoms with Crippen LogP contribution in [0.4, 0.5) is 17.5 Å². The molecule has 1 aromatic carbocycles. The molecule has 4 heterocycles. The average molecular weight is 522 g/mol. The Labute approximate surface area is 218 Å². The van der Waals surface area contributed by atoms with Gasteiger partial charge in [-0.15, -0.1) is 0 Å². The number of hydrogen-bond acceptors (Lipinski definition) is 8. The molecule has 11 nitrogen and oxygen atoms in total. The zero-order valence-electron chi connectivity index (χ0n) is 20.6. The lowest BCUT2D eigenvalue weighted by Crippen LogP contribution is -2.49. The molecule has 0 saturated carbocycles. The fourth-order valence-corrected chi connectivity index (χ4v) is 4.56. The first-order chi connectivity index (χ1) is 17.9. The summed E-state index contributed by atoms with van der Waals surface area (Å²) in [6.45, 7) is 6.88. The van der Waals surface area contributed by atoms with Gasteiger partial charge in [-0.1, -0.05) is 17.7 Å². The van der Waals surface area contributed by atoms with E-state index in [2.05, 4.69) is 35.4 Å². The lowest BCUT2D eigenvalue weighted by Gasteiger charge is -2.34. The van der Waals surface area contributed by atoms with Crippen molar-refractivity contribution >= 4 is 51.9 Å². The van der Waals surface area contributed by atoms with E-state index >= 15 is 0 Å². The highest BCUT2D eigenvalue weighted by Gasteiger charge is 2.21. The van der Waals surface area contributed by atoms with E-state index in [0.717, 1.165) is 22.3 Å². The Morgan fingerprint density at radius 2 is 2.00 bits per heavy atom. The number of ether oxygens (including phenoxy) is 1. The molecule has 0 unspecified atom stereocenters. The third kappa shape index (κ3) is 5.68. The Balaban J connectivity index is 1.44. The van der Waals surface area contributed by atoms with Crippen molar-refractivity contribution in [1.82, 2.24) is 30.0 Å². The van der Waals surface area contributed by atoms with Gasteiger partial charge in [0.2, 0.25) is 5.91 Å². The monoisotopic (exact) mass is 521 g/mol. The van der Waals surface area contributed by atoms with E-state index in [9.17, 15) is 4.79 Å². The highest BCUT2D eigenvalue weighted by Crippen LogP contribution is 2.36. The number of fused-ring (bicyclic) bond motifs is 1. The summed E-state index contributed by atoms with van der Waals surface area (Å²) in [6, 6.07) is 9.56. The highest BCUT2D eigenvalue weighted by molar-refractivity contribution is 6.37. The van der Waals surface area contributed by atoms with Crippen LogP contribution in [0.5, 0.6) is 11.8 Å². The maximum Gasteiger partial charge on any atom is 0.325 e. The molecule has 5 rings (SSSR count). The molecule has 4 aromatic rings. The molecule has 12 heteroatoms. The molecule has 0 spiro atoms. The molecule has 1 saturated heterocycles. The van der Waals surface area contributed by atoms with E-state index in [1.807, 2.05) is 55.2 Å². The van der Waals surface area contributed by atoms with E-state index in [0.29, 0.717) is 54.4 Å². The molecule has 1 aliphatic heterocycles. The highest BCUT2D eigenvalue weighted by atomic mass is 35.5. The summed E-state index contributed by atoms with van der Waals surface area (Å²) in [7, 11) is 0. The molecule has 0 bridgehead atoms. The SMILES string of the molecule is C/C=C/c1cc(Nc2cc(N3CCN(CC(N)=O)CC3)nc(Oc3ccc4[nH]c(C)cc4c3Cl)n2)n[nH]1. The number of anilines is 3. The standard InChI is InChI=1S/C25H28ClN9O2/c1-3-4-16-12-22(33-32-16)29-21-13-23(35-9-7-34(8-10-35)14-20(27)36)31-25(30-21)37-19-6-5-18-17(24(19)26)11-15(2)28-18/h3-6,11-13,28H,7-10,14H2,1-2H3,(H2,27,36)(H2,29,30,31,32,33)/b4-3+. The third-order valence-electron chi connectivity index (χ3n) is 6.01. The second kappa shape index (κ2) is 10.5. The minimum Gasteiger partial charge on any atom is -0.423 e.